The molecule has 1 N–H and O–H groups in total. The van der Waals surface area contributed by atoms with Crippen molar-refractivity contribution in [2.45, 2.75) is 11.6 Å². The van der Waals surface area contributed by atoms with Crippen LogP contribution in [0.1, 0.15) is 5.56 Å². The first-order chi connectivity index (χ1) is 10.7. The predicted molar refractivity (Wildman–Crippen MR) is 86.1 cm³/mol. The van der Waals surface area contributed by atoms with Crippen LogP contribution in [0.25, 0.3) is 0 Å². The maximum atomic E-state index is 12.2. The molecule has 2 aromatic rings. The molecule has 0 fully saturated rings. The van der Waals surface area contributed by atoms with Crippen molar-refractivity contribution in [2.75, 3.05) is 18.9 Å². The van der Waals surface area contributed by atoms with E-state index in [1.165, 1.54) is 0 Å². The lowest BCUT2D eigenvalue weighted by molar-refractivity contribution is -0.126. The van der Waals surface area contributed by atoms with E-state index < -0.39 is 0 Å². The molecule has 1 aliphatic heterocycles. The number of fused-ring (bicyclic) bond motifs is 1. The molecule has 1 aliphatic rings. The van der Waals surface area contributed by atoms with Gasteiger partial charge >= 0.3 is 0 Å². The van der Waals surface area contributed by atoms with Crippen molar-refractivity contribution in [1.29, 1.82) is 0 Å². The summed E-state index contributed by atoms with van der Waals surface area (Å²) in [6.45, 7) is 1.09. The van der Waals surface area contributed by atoms with Gasteiger partial charge in [-0.05, 0) is 18.1 Å². The van der Waals surface area contributed by atoms with E-state index in [-0.39, 0.29) is 11.8 Å². The van der Waals surface area contributed by atoms with Gasteiger partial charge in [-0.25, -0.2) is 4.98 Å². The maximum absolute atomic E-state index is 12.2. The van der Waals surface area contributed by atoms with Gasteiger partial charge in [0.25, 0.3) is 0 Å². The Labute approximate surface area is 134 Å². The zero-order valence-electron chi connectivity index (χ0n) is 12.5. The smallest absolute Gasteiger partial charge is 0.226 e. The molecule has 0 bridgehead atoms. The summed E-state index contributed by atoms with van der Waals surface area (Å²) in [5, 5.41) is 3.95. The van der Waals surface area contributed by atoms with Crippen molar-refractivity contribution in [3.8, 4) is 5.75 Å². The molecule has 1 aromatic heterocycles. The number of ether oxygens (including phenoxy) is 1. The molecule has 1 aromatic carbocycles. The second-order valence-electron chi connectivity index (χ2n) is 5.28. The van der Waals surface area contributed by atoms with Crippen molar-refractivity contribution in [3.05, 3.63) is 42.2 Å². The van der Waals surface area contributed by atoms with Crippen molar-refractivity contribution in [3.63, 3.8) is 0 Å². The summed E-state index contributed by atoms with van der Waals surface area (Å²) in [7, 11) is 1.96. The Balaban J connectivity index is 1.44. The van der Waals surface area contributed by atoms with Crippen LogP contribution in [-0.2, 0) is 18.3 Å². The molecule has 1 atom stereocenters. The Kier molecular flexibility index (Phi) is 4.68. The summed E-state index contributed by atoms with van der Waals surface area (Å²) in [5.41, 5.74) is 1.11. The van der Waals surface area contributed by atoms with Gasteiger partial charge in [0.2, 0.25) is 5.91 Å². The zero-order chi connectivity index (χ0) is 15.4. The van der Waals surface area contributed by atoms with Gasteiger partial charge in [0.05, 0.1) is 5.92 Å². The Bertz CT molecular complexity index is 656. The van der Waals surface area contributed by atoms with E-state index >= 15 is 0 Å². The molecule has 1 amide bonds. The third-order valence-electron chi connectivity index (χ3n) is 3.66. The van der Waals surface area contributed by atoms with Crippen molar-refractivity contribution < 1.29 is 9.53 Å². The Morgan fingerprint density at radius 3 is 3.18 bits per heavy atom. The minimum absolute atomic E-state index is 0.0648. The van der Waals surface area contributed by atoms with E-state index in [0.717, 1.165) is 28.6 Å². The van der Waals surface area contributed by atoms with Crippen LogP contribution in [0.15, 0.2) is 41.8 Å². The Morgan fingerprint density at radius 2 is 2.36 bits per heavy atom. The second kappa shape index (κ2) is 6.87. The molecule has 6 heteroatoms. The van der Waals surface area contributed by atoms with Crippen LogP contribution in [0.4, 0.5) is 0 Å². The van der Waals surface area contributed by atoms with Crippen LogP contribution in [0.5, 0.6) is 5.75 Å². The van der Waals surface area contributed by atoms with E-state index in [9.17, 15) is 4.79 Å². The minimum Gasteiger partial charge on any atom is -0.492 e. The van der Waals surface area contributed by atoms with Gasteiger partial charge in [-0.3, -0.25) is 4.79 Å². The molecule has 5 nitrogen and oxygen atoms in total. The normalized spacial score (nSPS) is 16.7. The molecule has 0 aliphatic carbocycles. The molecule has 0 radical (unpaired) electrons. The van der Waals surface area contributed by atoms with Gasteiger partial charge < -0.3 is 14.6 Å². The Hall–Kier alpha value is -1.95. The molecular weight excluding hydrogens is 298 g/mol. The molecule has 2 heterocycles. The number of imidazole rings is 1. The molecular formula is C16H19N3O2S. The van der Waals surface area contributed by atoms with E-state index in [0.29, 0.717) is 13.2 Å². The van der Waals surface area contributed by atoms with Crippen LogP contribution < -0.4 is 10.1 Å². The van der Waals surface area contributed by atoms with Crippen LogP contribution >= 0.6 is 11.8 Å². The fourth-order valence-corrected chi connectivity index (χ4v) is 3.23. The minimum atomic E-state index is -0.104. The van der Waals surface area contributed by atoms with Gasteiger partial charge in [0.1, 0.15) is 12.4 Å². The summed E-state index contributed by atoms with van der Waals surface area (Å²) in [6, 6.07) is 7.90. The fourth-order valence-electron chi connectivity index (χ4n) is 2.45. The molecule has 0 saturated heterocycles. The number of para-hydroxylation sites is 1. The number of nitrogens with zero attached hydrogens (tertiary/aromatic N) is 2. The number of aryl methyl sites for hydroxylation is 1. The highest BCUT2D eigenvalue weighted by Gasteiger charge is 2.25. The largest absolute Gasteiger partial charge is 0.492 e. The van der Waals surface area contributed by atoms with Crippen LogP contribution in [0.3, 0.4) is 0 Å². The van der Waals surface area contributed by atoms with Gasteiger partial charge in [-0.2, -0.15) is 0 Å². The first-order valence-corrected chi connectivity index (χ1v) is 8.31. The third kappa shape index (κ3) is 3.44. The lowest BCUT2D eigenvalue weighted by Crippen LogP contribution is -2.38. The van der Waals surface area contributed by atoms with Gasteiger partial charge in [0, 0.05) is 31.7 Å². The summed E-state index contributed by atoms with van der Waals surface area (Å²) in [5.74, 6) is 1.67. The summed E-state index contributed by atoms with van der Waals surface area (Å²) in [4.78, 5) is 16.5. The number of nitrogens with one attached hydrogen (secondary N) is 1. The van der Waals surface area contributed by atoms with E-state index in [1.807, 2.05) is 42.1 Å². The average molecular weight is 317 g/mol. The van der Waals surface area contributed by atoms with Gasteiger partial charge in [-0.1, -0.05) is 30.0 Å². The first-order valence-electron chi connectivity index (χ1n) is 7.32. The Morgan fingerprint density at radius 1 is 1.50 bits per heavy atom. The molecule has 1 unspecified atom stereocenters. The summed E-state index contributed by atoms with van der Waals surface area (Å²) >= 11 is 1.64. The highest BCUT2D eigenvalue weighted by Crippen LogP contribution is 2.26. The lowest BCUT2D eigenvalue weighted by atomic mass is 9.96. The maximum Gasteiger partial charge on any atom is 0.226 e. The number of carbonyl (C=O) groups is 1. The standard InChI is InChI=1S/C16H19N3O2S/c1-19-8-6-18-16(19)22-9-7-17-15(20)13-10-12-4-2-3-5-14(12)21-11-13/h2-6,8,13H,7,9-11H2,1H3,(H,17,20). The predicted octanol–water partition coefficient (Wildman–Crippen LogP) is 1.88. The van der Waals surface area contributed by atoms with E-state index in [1.54, 1.807) is 18.0 Å². The molecule has 22 heavy (non-hydrogen) atoms. The summed E-state index contributed by atoms with van der Waals surface area (Å²) < 4.78 is 7.63. The van der Waals surface area contributed by atoms with Crippen molar-refractivity contribution in [2.24, 2.45) is 13.0 Å². The molecule has 0 spiro atoms. The number of aromatic nitrogens is 2. The number of benzene rings is 1. The zero-order valence-corrected chi connectivity index (χ0v) is 13.3. The van der Waals surface area contributed by atoms with Crippen LogP contribution in [-0.4, -0.2) is 34.4 Å². The second-order valence-corrected chi connectivity index (χ2v) is 6.34. The van der Waals surface area contributed by atoms with Crippen LogP contribution in [0.2, 0.25) is 0 Å². The van der Waals surface area contributed by atoms with E-state index in [2.05, 4.69) is 10.3 Å². The average Bonchev–Trinajstić information content (AvgIpc) is 2.96. The highest BCUT2D eigenvalue weighted by atomic mass is 32.2. The van der Waals surface area contributed by atoms with Gasteiger partial charge in [0.15, 0.2) is 5.16 Å². The molecule has 116 valence electrons. The SMILES string of the molecule is Cn1ccnc1SCCNC(=O)C1COc2ccccc2C1. The number of amides is 1. The fraction of sp³-hybridized carbons (Fsp3) is 0.375. The lowest BCUT2D eigenvalue weighted by Gasteiger charge is -2.24. The molecule has 0 saturated carbocycles. The monoisotopic (exact) mass is 317 g/mol. The quantitative estimate of drug-likeness (QED) is 0.676. The first kappa shape index (κ1) is 15.0. The number of carbonyl (C=O) groups excluding carboxylic acids is 1. The van der Waals surface area contributed by atoms with Crippen LogP contribution in [0, 0.1) is 5.92 Å². The number of thioether (sulfide) groups is 1. The number of rotatable bonds is 5. The summed E-state index contributed by atoms with van der Waals surface area (Å²) in [6.07, 6.45) is 4.43. The molecule has 3 rings (SSSR count). The van der Waals surface area contributed by atoms with Crippen molar-refractivity contribution in [1.82, 2.24) is 14.9 Å². The topological polar surface area (TPSA) is 56.2 Å². The number of hydrogen-bond donors (Lipinski definition) is 1. The number of hydrogen-bond acceptors (Lipinski definition) is 4. The highest BCUT2D eigenvalue weighted by molar-refractivity contribution is 7.99. The van der Waals surface area contributed by atoms with E-state index in [4.69, 9.17) is 4.74 Å². The van der Waals surface area contributed by atoms with Gasteiger partial charge in [-0.15, -0.1) is 0 Å². The third-order valence-corrected chi connectivity index (χ3v) is 4.72. The van der Waals surface area contributed by atoms with Crippen molar-refractivity contribution >= 4 is 17.7 Å².